The van der Waals surface area contributed by atoms with E-state index in [1.54, 1.807) is 0 Å². The van der Waals surface area contributed by atoms with Crippen LogP contribution in [0.5, 0.6) is 17.2 Å². The van der Waals surface area contributed by atoms with Gasteiger partial charge in [0.1, 0.15) is 5.75 Å². The summed E-state index contributed by atoms with van der Waals surface area (Å²) < 4.78 is 0. The van der Waals surface area contributed by atoms with E-state index in [1.165, 1.54) is 0 Å². The first kappa shape index (κ1) is 9.18. The van der Waals surface area contributed by atoms with Crippen LogP contribution < -0.4 is 5.11 Å². The Morgan fingerprint density at radius 3 is 2.23 bits per heavy atom. The Hall–Kier alpha value is -1.91. The first-order valence-electron chi connectivity index (χ1n) is 3.44. The van der Waals surface area contributed by atoms with Gasteiger partial charge in [0.25, 0.3) is 0 Å². The maximum Gasteiger partial charge on any atom is 0.161 e. The van der Waals surface area contributed by atoms with Gasteiger partial charge >= 0.3 is 0 Å². The summed E-state index contributed by atoms with van der Waals surface area (Å²) in [7, 11) is 0. The average Bonchev–Trinajstić information content (AvgIpc) is 1.99. The zero-order valence-corrected chi connectivity index (χ0v) is 6.52. The molecule has 0 radical (unpaired) electrons. The molecule has 13 heavy (non-hydrogen) atoms. The monoisotopic (exact) mass is 183 g/mol. The highest BCUT2D eigenvalue weighted by atomic mass is 16.4. The number of phenols is 3. The number of carbonyl (C=O) groups is 1. The van der Waals surface area contributed by atoms with Gasteiger partial charge in [-0.05, 0) is 6.07 Å². The maximum absolute atomic E-state index is 10.2. The maximum atomic E-state index is 10.2. The van der Waals surface area contributed by atoms with Crippen molar-refractivity contribution in [1.29, 1.82) is 0 Å². The smallest absolute Gasteiger partial charge is 0.161 e. The van der Waals surface area contributed by atoms with Crippen LogP contribution in [-0.2, 0) is 11.2 Å². The highest BCUT2D eigenvalue weighted by Gasteiger charge is 2.07. The fraction of sp³-hybridized carbons (Fsp3) is 0.125. The van der Waals surface area contributed by atoms with E-state index in [-0.39, 0.29) is 11.3 Å². The summed E-state index contributed by atoms with van der Waals surface area (Å²) in [5, 5.41) is 37.1. The Bertz CT molecular complexity index is 345. The summed E-state index contributed by atoms with van der Waals surface area (Å²) in [6.45, 7) is 0. The van der Waals surface area contributed by atoms with Gasteiger partial charge in [-0.15, -0.1) is 0 Å². The molecule has 0 spiro atoms. The lowest BCUT2D eigenvalue weighted by atomic mass is 10.1. The minimum Gasteiger partial charge on any atom is -0.550 e. The minimum absolute atomic E-state index is 0.00435. The van der Waals surface area contributed by atoms with Crippen LogP contribution >= 0.6 is 0 Å². The fourth-order valence-corrected chi connectivity index (χ4v) is 0.906. The zero-order valence-electron chi connectivity index (χ0n) is 6.52. The highest BCUT2D eigenvalue weighted by Crippen LogP contribution is 2.32. The van der Waals surface area contributed by atoms with Crippen LogP contribution in [0, 0.1) is 0 Å². The van der Waals surface area contributed by atoms with E-state index >= 15 is 0 Å². The molecule has 0 aliphatic carbocycles. The van der Waals surface area contributed by atoms with E-state index in [0.717, 1.165) is 12.1 Å². The Balaban J connectivity index is 3.08. The van der Waals surface area contributed by atoms with Crippen LogP contribution in [0.3, 0.4) is 0 Å². The number of aliphatic carboxylic acids is 1. The Labute approximate surface area is 73.5 Å². The van der Waals surface area contributed by atoms with Crippen LogP contribution in [0.4, 0.5) is 0 Å². The van der Waals surface area contributed by atoms with Gasteiger partial charge in [-0.25, -0.2) is 0 Å². The molecule has 1 aromatic rings. The molecule has 0 bridgehead atoms. The molecule has 5 heteroatoms. The van der Waals surface area contributed by atoms with Crippen molar-refractivity contribution in [3.05, 3.63) is 17.7 Å². The standard InChI is InChI=1S/C8H8O5/c9-5-3-7(11)6(10)1-4(5)2-8(12)13/h1,3,9-11H,2H2,(H,12,13)/p-1. The van der Waals surface area contributed by atoms with Crippen LogP contribution in [0.1, 0.15) is 5.56 Å². The number of carboxylic acid groups (broad SMARTS) is 1. The number of benzene rings is 1. The molecule has 5 nitrogen and oxygen atoms in total. The van der Waals surface area contributed by atoms with Crippen molar-refractivity contribution in [2.45, 2.75) is 6.42 Å². The van der Waals surface area contributed by atoms with Crippen molar-refractivity contribution < 1.29 is 25.2 Å². The third-order valence-corrected chi connectivity index (χ3v) is 1.51. The number of phenolic OH excluding ortho intramolecular Hbond substituents is 3. The summed E-state index contributed by atoms with van der Waals surface area (Å²) in [6.07, 6.45) is -0.514. The zero-order chi connectivity index (χ0) is 10.0. The molecule has 0 fully saturated rings. The minimum atomic E-state index is -1.37. The van der Waals surface area contributed by atoms with Gasteiger partial charge in [-0.1, -0.05) is 0 Å². The number of hydrogen-bond acceptors (Lipinski definition) is 5. The van der Waals surface area contributed by atoms with Crippen LogP contribution in [0.15, 0.2) is 12.1 Å². The largest absolute Gasteiger partial charge is 0.550 e. The van der Waals surface area contributed by atoms with Gasteiger partial charge in [0, 0.05) is 24.0 Å². The quantitative estimate of drug-likeness (QED) is 0.407. The predicted octanol–water partition coefficient (Wildman–Crippen LogP) is -0.904. The van der Waals surface area contributed by atoms with Gasteiger partial charge in [0.05, 0.1) is 0 Å². The number of aromatic hydroxyl groups is 3. The first-order chi connectivity index (χ1) is 6.00. The van der Waals surface area contributed by atoms with E-state index in [0.29, 0.717) is 0 Å². The third kappa shape index (κ3) is 2.02. The van der Waals surface area contributed by atoms with Crippen LogP contribution in [0.25, 0.3) is 0 Å². The molecule has 0 atom stereocenters. The summed E-state index contributed by atoms with van der Waals surface area (Å²) in [6, 6.07) is 1.84. The average molecular weight is 183 g/mol. The van der Waals surface area contributed by atoms with Gasteiger partial charge in [-0.2, -0.15) is 0 Å². The van der Waals surface area contributed by atoms with Crippen molar-refractivity contribution in [2.24, 2.45) is 0 Å². The molecule has 0 aliphatic heterocycles. The molecule has 0 saturated carbocycles. The molecule has 0 amide bonds. The molecule has 0 aliphatic rings. The number of rotatable bonds is 2. The van der Waals surface area contributed by atoms with E-state index in [1.807, 2.05) is 0 Å². The van der Waals surface area contributed by atoms with E-state index in [9.17, 15) is 9.90 Å². The van der Waals surface area contributed by atoms with Crippen LogP contribution in [-0.4, -0.2) is 21.3 Å². The molecule has 0 heterocycles. The summed E-state index contributed by atoms with van der Waals surface area (Å²) in [5.41, 5.74) is -0.00435. The topological polar surface area (TPSA) is 101 Å². The second kappa shape index (κ2) is 3.22. The van der Waals surface area contributed by atoms with Crippen molar-refractivity contribution in [1.82, 2.24) is 0 Å². The normalized spacial score (nSPS) is 9.85. The van der Waals surface area contributed by atoms with E-state index in [2.05, 4.69) is 0 Å². The SMILES string of the molecule is O=C([O-])Cc1cc(O)c(O)cc1O. The lowest BCUT2D eigenvalue weighted by Crippen LogP contribution is -2.24. The molecule has 1 rings (SSSR count). The molecular weight excluding hydrogens is 176 g/mol. The Morgan fingerprint density at radius 2 is 1.69 bits per heavy atom. The second-order valence-corrected chi connectivity index (χ2v) is 2.52. The van der Waals surface area contributed by atoms with Crippen LogP contribution in [0.2, 0.25) is 0 Å². The van der Waals surface area contributed by atoms with Crippen molar-refractivity contribution in [3.63, 3.8) is 0 Å². The molecule has 0 unspecified atom stereocenters. The van der Waals surface area contributed by atoms with Crippen molar-refractivity contribution in [2.75, 3.05) is 0 Å². The molecule has 70 valence electrons. The second-order valence-electron chi connectivity index (χ2n) is 2.52. The number of carboxylic acids is 1. The molecule has 0 aromatic heterocycles. The number of hydrogen-bond donors (Lipinski definition) is 3. The lowest BCUT2D eigenvalue weighted by Gasteiger charge is -2.06. The molecule has 0 saturated heterocycles. The van der Waals surface area contributed by atoms with E-state index in [4.69, 9.17) is 15.3 Å². The van der Waals surface area contributed by atoms with Gasteiger partial charge in [-0.3, -0.25) is 0 Å². The van der Waals surface area contributed by atoms with E-state index < -0.39 is 23.9 Å². The lowest BCUT2D eigenvalue weighted by molar-refractivity contribution is -0.304. The predicted molar refractivity (Wildman–Crippen MR) is 40.1 cm³/mol. The van der Waals surface area contributed by atoms with Crippen molar-refractivity contribution in [3.8, 4) is 17.2 Å². The van der Waals surface area contributed by atoms with Gasteiger partial charge in [0.2, 0.25) is 0 Å². The Morgan fingerprint density at radius 1 is 1.15 bits per heavy atom. The van der Waals surface area contributed by atoms with Crippen molar-refractivity contribution >= 4 is 5.97 Å². The summed E-state index contributed by atoms with van der Waals surface area (Å²) in [5.74, 6) is -2.74. The first-order valence-corrected chi connectivity index (χ1v) is 3.44. The third-order valence-electron chi connectivity index (χ3n) is 1.51. The molecule has 3 N–H and O–H groups in total. The summed E-state index contributed by atoms with van der Waals surface area (Å²) in [4.78, 5) is 10.2. The van der Waals surface area contributed by atoms with Gasteiger partial charge < -0.3 is 25.2 Å². The molecule has 1 aromatic carbocycles. The summed E-state index contributed by atoms with van der Waals surface area (Å²) >= 11 is 0. The molecular formula is C8H7O5-. The Kier molecular flexibility index (Phi) is 2.27. The number of carbonyl (C=O) groups excluding carboxylic acids is 1. The van der Waals surface area contributed by atoms with Gasteiger partial charge in [0.15, 0.2) is 11.5 Å². The highest BCUT2D eigenvalue weighted by molar-refractivity contribution is 5.70. The fourth-order valence-electron chi connectivity index (χ4n) is 0.906.